The van der Waals surface area contributed by atoms with Crippen LogP contribution in [-0.2, 0) is 6.61 Å². The standard InChI is InChI=1S/C17H14BrN5O3/c18-13-6-7-14(25-10-11-4-2-1-3-5-11)12(8-13)9-20-21-17(24)15-16(19)23-26-22-15/h1-9H,10H2,(H2,19,23)(H,21,24)/b20-9+. The van der Waals surface area contributed by atoms with Crippen molar-refractivity contribution in [3.05, 3.63) is 69.8 Å². The predicted molar refractivity (Wildman–Crippen MR) is 98.7 cm³/mol. The lowest BCUT2D eigenvalue weighted by atomic mass is 10.2. The van der Waals surface area contributed by atoms with Crippen molar-refractivity contribution < 1.29 is 14.2 Å². The van der Waals surface area contributed by atoms with Crippen molar-refractivity contribution >= 4 is 33.9 Å². The molecule has 9 heteroatoms. The van der Waals surface area contributed by atoms with Gasteiger partial charge in [0.25, 0.3) is 5.91 Å². The zero-order valence-corrected chi connectivity index (χ0v) is 15.0. The molecule has 0 unspecified atom stereocenters. The Bertz CT molecular complexity index is 927. The Morgan fingerprint density at radius 2 is 2.08 bits per heavy atom. The van der Waals surface area contributed by atoms with Crippen molar-refractivity contribution in [2.24, 2.45) is 5.10 Å². The summed E-state index contributed by atoms with van der Waals surface area (Å²) in [6, 6.07) is 15.3. The SMILES string of the molecule is Nc1nonc1C(=O)N/N=C/c1cc(Br)ccc1OCc1ccccc1. The van der Waals surface area contributed by atoms with Crippen LogP contribution < -0.4 is 15.9 Å². The van der Waals surface area contributed by atoms with Gasteiger partial charge in [-0.05, 0) is 34.1 Å². The molecule has 0 bridgehead atoms. The van der Waals surface area contributed by atoms with E-state index >= 15 is 0 Å². The number of hydrogen-bond acceptors (Lipinski definition) is 7. The zero-order valence-electron chi connectivity index (χ0n) is 13.4. The number of aromatic nitrogens is 2. The van der Waals surface area contributed by atoms with Crippen molar-refractivity contribution in [1.29, 1.82) is 0 Å². The summed E-state index contributed by atoms with van der Waals surface area (Å²) in [4.78, 5) is 11.9. The fourth-order valence-corrected chi connectivity index (χ4v) is 2.43. The molecule has 1 aromatic heterocycles. The minimum absolute atomic E-state index is 0.105. The van der Waals surface area contributed by atoms with E-state index in [0.717, 1.165) is 10.0 Å². The third kappa shape index (κ3) is 4.45. The lowest BCUT2D eigenvalue weighted by Crippen LogP contribution is -2.19. The Labute approximate surface area is 157 Å². The number of carbonyl (C=O) groups excluding carboxylic acids is 1. The molecule has 1 heterocycles. The largest absolute Gasteiger partial charge is 0.488 e. The van der Waals surface area contributed by atoms with Gasteiger partial charge in [-0.3, -0.25) is 4.79 Å². The third-order valence-corrected chi connectivity index (χ3v) is 3.80. The van der Waals surface area contributed by atoms with E-state index in [1.165, 1.54) is 6.21 Å². The Morgan fingerprint density at radius 1 is 1.27 bits per heavy atom. The van der Waals surface area contributed by atoms with E-state index in [2.05, 4.69) is 41.4 Å². The van der Waals surface area contributed by atoms with Crippen molar-refractivity contribution in [1.82, 2.24) is 15.7 Å². The molecule has 132 valence electrons. The van der Waals surface area contributed by atoms with Gasteiger partial charge in [-0.15, -0.1) is 0 Å². The third-order valence-electron chi connectivity index (χ3n) is 3.31. The van der Waals surface area contributed by atoms with Crippen LogP contribution in [0.1, 0.15) is 21.6 Å². The molecule has 26 heavy (non-hydrogen) atoms. The first-order chi connectivity index (χ1) is 12.6. The van der Waals surface area contributed by atoms with Crippen molar-refractivity contribution in [3.8, 4) is 5.75 Å². The zero-order chi connectivity index (χ0) is 18.4. The van der Waals surface area contributed by atoms with E-state index in [1.54, 1.807) is 0 Å². The van der Waals surface area contributed by atoms with E-state index in [-0.39, 0.29) is 11.5 Å². The number of nitrogens with one attached hydrogen (secondary N) is 1. The number of carbonyl (C=O) groups is 1. The van der Waals surface area contributed by atoms with Gasteiger partial charge in [0.1, 0.15) is 12.4 Å². The molecule has 0 aliphatic carbocycles. The number of hydrogen-bond donors (Lipinski definition) is 2. The van der Waals surface area contributed by atoms with Gasteiger partial charge < -0.3 is 10.5 Å². The molecule has 0 spiro atoms. The molecule has 2 aromatic carbocycles. The molecule has 3 aromatic rings. The van der Waals surface area contributed by atoms with Gasteiger partial charge in [0.05, 0.1) is 6.21 Å². The van der Waals surface area contributed by atoms with Crippen LogP contribution in [0.4, 0.5) is 5.82 Å². The topological polar surface area (TPSA) is 116 Å². The molecule has 8 nitrogen and oxygen atoms in total. The average molecular weight is 416 g/mol. The van der Waals surface area contributed by atoms with Crippen molar-refractivity contribution in [2.45, 2.75) is 6.61 Å². The molecule has 1 amide bonds. The molecular formula is C17H14BrN5O3. The summed E-state index contributed by atoms with van der Waals surface area (Å²) in [5.41, 5.74) is 9.37. The Hall–Kier alpha value is -3.20. The van der Waals surface area contributed by atoms with E-state index in [0.29, 0.717) is 17.9 Å². The minimum Gasteiger partial charge on any atom is -0.488 e. The maximum Gasteiger partial charge on any atom is 0.297 e. The van der Waals surface area contributed by atoms with Gasteiger partial charge in [0, 0.05) is 10.0 Å². The highest BCUT2D eigenvalue weighted by Crippen LogP contribution is 2.22. The smallest absolute Gasteiger partial charge is 0.297 e. The Morgan fingerprint density at radius 3 is 2.81 bits per heavy atom. The van der Waals surface area contributed by atoms with Crippen LogP contribution in [0.25, 0.3) is 0 Å². The van der Waals surface area contributed by atoms with Gasteiger partial charge in [-0.2, -0.15) is 5.10 Å². The average Bonchev–Trinajstić information content (AvgIpc) is 3.08. The first-order valence-electron chi connectivity index (χ1n) is 7.51. The summed E-state index contributed by atoms with van der Waals surface area (Å²) < 4.78 is 11.1. The van der Waals surface area contributed by atoms with E-state index in [9.17, 15) is 4.79 Å². The van der Waals surface area contributed by atoms with Gasteiger partial charge in [0.2, 0.25) is 11.5 Å². The molecule has 0 atom stereocenters. The Kier molecular flexibility index (Phi) is 5.59. The highest BCUT2D eigenvalue weighted by molar-refractivity contribution is 9.10. The number of ether oxygens (including phenoxy) is 1. The summed E-state index contributed by atoms with van der Waals surface area (Å²) in [5.74, 6) is -0.105. The number of nitrogen functional groups attached to an aromatic ring is 1. The van der Waals surface area contributed by atoms with Crippen LogP contribution in [0.15, 0.2) is 62.7 Å². The fraction of sp³-hybridized carbons (Fsp3) is 0.0588. The Balaban J connectivity index is 1.69. The normalized spacial score (nSPS) is 10.8. The summed E-state index contributed by atoms with van der Waals surface area (Å²) in [7, 11) is 0. The molecule has 0 saturated heterocycles. The van der Waals surface area contributed by atoms with Crippen LogP contribution >= 0.6 is 15.9 Å². The van der Waals surface area contributed by atoms with Crippen LogP contribution in [0.3, 0.4) is 0 Å². The number of nitrogens with zero attached hydrogens (tertiary/aromatic N) is 3. The highest BCUT2D eigenvalue weighted by atomic mass is 79.9. The lowest BCUT2D eigenvalue weighted by Gasteiger charge is -2.09. The minimum atomic E-state index is -0.623. The van der Waals surface area contributed by atoms with Gasteiger partial charge in [0.15, 0.2) is 0 Å². The van der Waals surface area contributed by atoms with Gasteiger partial charge in [-0.25, -0.2) is 10.1 Å². The molecule has 0 fully saturated rings. The fourth-order valence-electron chi connectivity index (χ4n) is 2.05. The van der Waals surface area contributed by atoms with Crippen LogP contribution in [0.5, 0.6) is 5.75 Å². The summed E-state index contributed by atoms with van der Waals surface area (Å²) >= 11 is 3.40. The second kappa shape index (κ2) is 8.26. The van der Waals surface area contributed by atoms with Crippen LogP contribution in [0.2, 0.25) is 0 Å². The maximum atomic E-state index is 11.9. The monoisotopic (exact) mass is 415 g/mol. The molecular weight excluding hydrogens is 402 g/mol. The lowest BCUT2D eigenvalue weighted by molar-refractivity contribution is 0.0946. The number of rotatable bonds is 6. The number of amides is 1. The second-order valence-corrected chi connectivity index (χ2v) is 6.07. The van der Waals surface area contributed by atoms with E-state index in [1.807, 2.05) is 48.5 Å². The molecule has 3 N–H and O–H groups in total. The first kappa shape index (κ1) is 17.6. The molecule has 0 radical (unpaired) electrons. The molecule has 0 aliphatic rings. The molecule has 3 rings (SSSR count). The highest BCUT2D eigenvalue weighted by Gasteiger charge is 2.15. The van der Waals surface area contributed by atoms with Gasteiger partial charge >= 0.3 is 0 Å². The van der Waals surface area contributed by atoms with Crippen molar-refractivity contribution in [3.63, 3.8) is 0 Å². The number of anilines is 1. The predicted octanol–water partition coefficient (Wildman–Crippen LogP) is 2.76. The quantitative estimate of drug-likeness (QED) is 0.472. The van der Waals surface area contributed by atoms with Crippen molar-refractivity contribution in [2.75, 3.05) is 5.73 Å². The number of nitrogens with two attached hydrogens (primary N) is 1. The van der Waals surface area contributed by atoms with Crippen LogP contribution in [0, 0.1) is 0 Å². The number of hydrazone groups is 1. The van der Waals surface area contributed by atoms with Crippen LogP contribution in [-0.4, -0.2) is 22.4 Å². The maximum absolute atomic E-state index is 11.9. The molecule has 0 aliphatic heterocycles. The van der Waals surface area contributed by atoms with E-state index in [4.69, 9.17) is 10.5 Å². The number of halogens is 1. The summed E-state index contributed by atoms with van der Waals surface area (Å²) in [6.45, 7) is 0.414. The molecule has 0 saturated carbocycles. The van der Waals surface area contributed by atoms with Gasteiger partial charge in [-0.1, -0.05) is 46.3 Å². The number of benzene rings is 2. The second-order valence-electron chi connectivity index (χ2n) is 5.15. The van der Waals surface area contributed by atoms with E-state index < -0.39 is 5.91 Å². The first-order valence-corrected chi connectivity index (χ1v) is 8.30. The summed E-state index contributed by atoms with van der Waals surface area (Å²) in [6.07, 6.45) is 1.46. The summed E-state index contributed by atoms with van der Waals surface area (Å²) in [5, 5.41) is 10.6.